The molecule has 0 aliphatic heterocycles. The molecule has 3 N–H and O–H groups in total. The number of amides is 3. The van der Waals surface area contributed by atoms with Crippen molar-refractivity contribution in [3.63, 3.8) is 0 Å². The minimum absolute atomic E-state index is 0.110. The largest absolute Gasteiger partial charge is 0.354 e. The number of nitrogens with one attached hydrogen (secondary N) is 3. The predicted molar refractivity (Wildman–Crippen MR) is 78.3 cm³/mol. The van der Waals surface area contributed by atoms with Crippen molar-refractivity contribution in [1.82, 2.24) is 16.0 Å². The summed E-state index contributed by atoms with van der Waals surface area (Å²) in [6.07, 6.45) is 11.5. The van der Waals surface area contributed by atoms with E-state index in [1.807, 2.05) is 0 Å². The zero-order chi connectivity index (χ0) is 14.2. The summed E-state index contributed by atoms with van der Waals surface area (Å²) in [7, 11) is 0. The maximum Gasteiger partial charge on any atom is 0.315 e. The van der Waals surface area contributed by atoms with E-state index in [0.29, 0.717) is 25.4 Å². The molecule has 0 aromatic carbocycles. The SMILES string of the molecule is O=C(CC1CCCC1)NCCNC(=O)NC1CC=CC1. The van der Waals surface area contributed by atoms with E-state index < -0.39 is 0 Å². The molecule has 2 rings (SSSR count). The first-order valence-corrected chi connectivity index (χ1v) is 7.70. The van der Waals surface area contributed by atoms with Gasteiger partial charge in [-0.2, -0.15) is 0 Å². The Morgan fingerprint density at radius 1 is 1.00 bits per heavy atom. The average Bonchev–Trinajstić information content (AvgIpc) is 3.08. The summed E-state index contributed by atoms with van der Waals surface area (Å²) >= 11 is 0. The topological polar surface area (TPSA) is 70.2 Å². The molecule has 112 valence electrons. The fraction of sp³-hybridized carbons (Fsp3) is 0.733. The fourth-order valence-electron chi connectivity index (χ4n) is 2.90. The van der Waals surface area contributed by atoms with Gasteiger partial charge in [0.15, 0.2) is 0 Å². The molecule has 0 saturated heterocycles. The van der Waals surface area contributed by atoms with Crippen molar-refractivity contribution in [3.8, 4) is 0 Å². The number of rotatable bonds is 6. The highest BCUT2D eigenvalue weighted by atomic mass is 16.2. The van der Waals surface area contributed by atoms with Gasteiger partial charge in [-0.15, -0.1) is 0 Å². The van der Waals surface area contributed by atoms with Crippen molar-refractivity contribution in [2.75, 3.05) is 13.1 Å². The maximum absolute atomic E-state index is 11.7. The van der Waals surface area contributed by atoms with Crippen LogP contribution in [0.25, 0.3) is 0 Å². The van der Waals surface area contributed by atoms with Crippen molar-refractivity contribution in [2.45, 2.75) is 51.0 Å². The number of hydrogen-bond acceptors (Lipinski definition) is 2. The molecule has 0 radical (unpaired) electrons. The molecule has 0 aromatic heterocycles. The summed E-state index contributed by atoms with van der Waals surface area (Å²) in [4.78, 5) is 23.2. The van der Waals surface area contributed by atoms with Crippen molar-refractivity contribution in [1.29, 1.82) is 0 Å². The van der Waals surface area contributed by atoms with Crippen LogP contribution in [0.4, 0.5) is 4.79 Å². The van der Waals surface area contributed by atoms with E-state index in [4.69, 9.17) is 0 Å². The van der Waals surface area contributed by atoms with Crippen molar-refractivity contribution in [3.05, 3.63) is 12.2 Å². The zero-order valence-electron chi connectivity index (χ0n) is 12.0. The molecule has 0 spiro atoms. The fourth-order valence-corrected chi connectivity index (χ4v) is 2.90. The van der Waals surface area contributed by atoms with Crippen LogP contribution in [0.1, 0.15) is 44.9 Å². The molecule has 0 bridgehead atoms. The van der Waals surface area contributed by atoms with Gasteiger partial charge in [0, 0.05) is 25.6 Å². The van der Waals surface area contributed by atoms with Crippen molar-refractivity contribution < 1.29 is 9.59 Å². The minimum Gasteiger partial charge on any atom is -0.354 e. The van der Waals surface area contributed by atoms with Gasteiger partial charge in [0.2, 0.25) is 5.91 Å². The lowest BCUT2D eigenvalue weighted by Gasteiger charge is -2.13. The minimum atomic E-state index is -0.149. The molecule has 5 heteroatoms. The van der Waals surface area contributed by atoms with Crippen LogP contribution in [0.2, 0.25) is 0 Å². The molecule has 20 heavy (non-hydrogen) atoms. The van der Waals surface area contributed by atoms with E-state index in [1.165, 1.54) is 25.7 Å². The smallest absolute Gasteiger partial charge is 0.315 e. The molecule has 0 unspecified atom stereocenters. The van der Waals surface area contributed by atoms with Crippen LogP contribution in [0.15, 0.2) is 12.2 Å². The molecule has 2 aliphatic carbocycles. The van der Waals surface area contributed by atoms with Gasteiger partial charge in [-0.3, -0.25) is 4.79 Å². The highest BCUT2D eigenvalue weighted by Gasteiger charge is 2.18. The normalized spacial score (nSPS) is 19.2. The second-order valence-electron chi connectivity index (χ2n) is 5.74. The lowest BCUT2D eigenvalue weighted by atomic mass is 10.0. The summed E-state index contributed by atoms with van der Waals surface area (Å²) in [5, 5.41) is 8.53. The molecule has 0 aromatic rings. The van der Waals surface area contributed by atoms with Crippen LogP contribution in [-0.2, 0) is 4.79 Å². The highest BCUT2D eigenvalue weighted by molar-refractivity contribution is 5.76. The van der Waals surface area contributed by atoms with Gasteiger partial charge in [-0.25, -0.2) is 4.79 Å². The lowest BCUT2D eigenvalue weighted by Crippen LogP contribution is -2.43. The predicted octanol–water partition coefficient (Wildman–Crippen LogP) is 1.70. The molecule has 1 fully saturated rings. The monoisotopic (exact) mass is 279 g/mol. The molecule has 1 saturated carbocycles. The number of carbonyl (C=O) groups excluding carboxylic acids is 2. The first kappa shape index (κ1) is 14.9. The Kier molecular flexibility index (Phi) is 5.89. The number of carbonyl (C=O) groups is 2. The Hall–Kier alpha value is -1.52. The van der Waals surface area contributed by atoms with E-state index in [0.717, 1.165) is 12.8 Å². The molecule has 3 amide bonds. The van der Waals surface area contributed by atoms with Gasteiger partial charge in [-0.1, -0.05) is 25.0 Å². The van der Waals surface area contributed by atoms with E-state index >= 15 is 0 Å². The quantitative estimate of drug-likeness (QED) is 0.511. The zero-order valence-corrected chi connectivity index (χ0v) is 12.0. The molecule has 0 heterocycles. The number of hydrogen-bond donors (Lipinski definition) is 3. The van der Waals surface area contributed by atoms with Crippen LogP contribution in [-0.4, -0.2) is 31.1 Å². The van der Waals surface area contributed by atoms with Crippen LogP contribution in [0.3, 0.4) is 0 Å². The highest BCUT2D eigenvalue weighted by Crippen LogP contribution is 2.27. The molecule has 5 nitrogen and oxygen atoms in total. The van der Waals surface area contributed by atoms with Crippen LogP contribution in [0.5, 0.6) is 0 Å². The third kappa shape index (κ3) is 5.23. The van der Waals surface area contributed by atoms with Gasteiger partial charge in [-0.05, 0) is 31.6 Å². The molecular weight excluding hydrogens is 254 g/mol. The molecule has 2 aliphatic rings. The third-order valence-corrected chi connectivity index (χ3v) is 4.02. The maximum atomic E-state index is 11.7. The Morgan fingerprint density at radius 2 is 1.65 bits per heavy atom. The Morgan fingerprint density at radius 3 is 2.35 bits per heavy atom. The third-order valence-electron chi connectivity index (χ3n) is 4.02. The van der Waals surface area contributed by atoms with Crippen LogP contribution >= 0.6 is 0 Å². The first-order chi connectivity index (χ1) is 9.74. The van der Waals surface area contributed by atoms with Crippen LogP contribution < -0.4 is 16.0 Å². The number of urea groups is 1. The van der Waals surface area contributed by atoms with E-state index in [2.05, 4.69) is 28.1 Å². The second kappa shape index (κ2) is 7.92. The van der Waals surface area contributed by atoms with Gasteiger partial charge >= 0.3 is 6.03 Å². The van der Waals surface area contributed by atoms with Crippen molar-refractivity contribution >= 4 is 11.9 Å². The summed E-state index contributed by atoms with van der Waals surface area (Å²) in [6, 6.07) is 0.0794. The van der Waals surface area contributed by atoms with E-state index in [9.17, 15) is 9.59 Å². The summed E-state index contributed by atoms with van der Waals surface area (Å²) in [6.45, 7) is 0.976. The van der Waals surface area contributed by atoms with Crippen LogP contribution in [0, 0.1) is 5.92 Å². The second-order valence-corrected chi connectivity index (χ2v) is 5.74. The van der Waals surface area contributed by atoms with E-state index in [1.54, 1.807) is 0 Å². The van der Waals surface area contributed by atoms with Gasteiger partial charge in [0.05, 0.1) is 0 Å². The van der Waals surface area contributed by atoms with E-state index in [-0.39, 0.29) is 18.0 Å². The lowest BCUT2D eigenvalue weighted by molar-refractivity contribution is -0.121. The Bertz CT molecular complexity index is 336. The Balaban J connectivity index is 1.47. The molecular formula is C15H25N3O2. The summed E-state index contributed by atoms with van der Waals surface area (Å²) in [5.41, 5.74) is 0. The van der Waals surface area contributed by atoms with Crippen molar-refractivity contribution in [2.24, 2.45) is 5.92 Å². The van der Waals surface area contributed by atoms with Gasteiger partial charge in [0.25, 0.3) is 0 Å². The molecule has 0 atom stereocenters. The van der Waals surface area contributed by atoms with Gasteiger partial charge < -0.3 is 16.0 Å². The summed E-state index contributed by atoms with van der Waals surface area (Å²) < 4.78 is 0. The first-order valence-electron chi connectivity index (χ1n) is 7.70. The Labute approximate surface area is 120 Å². The summed E-state index contributed by atoms with van der Waals surface area (Å²) in [5.74, 6) is 0.681. The van der Waals surface area contributed by atoms with Gasteiger partial charge in [0.1, 0.15) is 0 Å². The standard InChI is InChI=1S/C15H25N3O2/c19-14(11-12-5-1-2-6-12)16-9-10-17-15(20)18-13-7-3-4-8-13/h3-4,12-13H,1-2,5-11H2,(H,16,19)(H2,17,18,20). The average molecular weight is 279 g/mol.